The zero-order chi connectivity index (χ0) is 12.8. The molecule has 0 aliphatic heterocycles. The Bertz CT molecular complexity index is 399. The predicted molar refractivity (Wildman–Crippen MR) is 71.0 cm³/mol. The van der Waals surface area contributed by atoms with Crippen molar-refractivity contribution in [2.75, 3.05) is 11.9 Å². The van der Waals surface area contributed by atoms with E-state index in [9.17, 15) is 0 Å². The van der Waals surface area contributed by atoms with Crippen LogP contribution in [0.5, 0.6) is 0 Å². The van der Waals surface area contributed by atoms with Gasteiger partial charge < -0.3 is 5.32 Å². The van der Waals surface area contributed by atoms with E-state index in [-0.39, 0.29) is 0 Å². The van der Waals surface area contributed by atoms with Gasteiger partial charge in [-0.05, 0) is 18.3 Å². The molecule has 1 aliphatic rings. The number of nitrogens with zero attached hydrogens (tertiary/aromatic N) is 3. The van der Waals surface area contributed by atoms with E-state index < -0.39 is 0 Å². The standard InChI is InChI=1S/C14H20N4/c1-11-2-4-12(5-3-11)6-7-16-14-10-17-13(8-15)9-18-14/h9-12H,2-7H2,1H3,(H,16,18). The third kappa shape index (κ3) is 3.69. The number of hydrogen-bond donors (Lipinski definition) is 1. The molecule has 1 aromatic heterocycles. The SMILES string of the molecule is CC1CCC(CCNc2cnc(C#N)cn2)CC1. The summed E-state index contributed by atoms with van der Waals surface area (Å²) in [4.78, 5) is 8.13. The molecule has 0 radical (unpaired) electrons. The maximum Gasteiger partial charge on any atom is 0.158 e. The van der Waals surface area contributed by atoms with Crippen LogP contribution in [0, 0.1) is 23.2 Å². The minimum Gasteiger partial charge on any atom is -0.369 e. The average molecular weight is 244 g/mol. The first-order chi connectivity index (χ1) is 8.78. The smallest absolute Gasteiger partial charge is 0.158 e. The zero-order valence-corrected chi connectivity index (χ0v) is 10.9. The van der Waals surface area contributed by atoms with Gasteiger partial charge in [-0.25, -0.2) is 9.97 Å². The van der Waals surface area contributed by atoms with Crippen molar-refractivity contribution in [1.29, 1.82) is 5.26 Å². The molecule has 0 unspecified atom stereocenters. The summed E-state index contributed by atoms with van der Waals surface area (Å²) in [6.45, 7) is 3.29. The second-order valence-corrected chi connectivity index (χ2v) is 5.24. The lowest BCUT2D eigenvalue weighted by Gasteiger charge is -2.26. The molecule has 96 valence electrons. The van der Waals surface area contributed by atoms with Crippen LogP contribution < -0.4 is 5.32 Å². The largest absolute Gasteiger partial charge is 0.369 e. The van der Waals surface area contributed by atoms with Crippen LogP contribution in [0.25, 0.3) is 0 Å². The summed E-state index contributed by atoms with van der Waals surface area (Å²) in [7, 11) is 0. The van der Waals surface area contributed by atoms with Gasteiger partial charge in [-0.15, -0.1) is 0 Å². The van der Waals surface area contributed by atoms with Gasteiger partial charge in [-0.2, -0.15) is 5.26 Å². The molecular formula is C14H20N4. The molecule has 1 saturated carbocycles. The zero-order valence-electron chi connectivity index (χ0n) is 10.9. The first-order valence-electron chi connectivity index (χ1n) is 6.74. The van der Waals surface area contributed by atoms with E-state index in [4.69, 9.17) is 5.26 Å². The van der Waals surface area contributed by atoms with E-state index in [1.807, 2.05) is 6.07 Å². The minimum absolute atomic E-state index is 0.363. The van der Waals surface area contributed by atoms with Gasteiger partial charge in [0.25, 0.3) is 0 Å². The molecule has 4 heteroatoms. The first-order valence-corrected chi connectivity index (χ1v) is 6.74. The van der Waals surface area contributed by atoms with E-state index in [1.54, 1.807) is 6.20 Å². The van der Waals surface area contributed by atoms with Gasteiger partial charge in [0, 0.05) is 6.54 Å². The Morgan fingerprint density at radius 1 is 1.28 bits per heavy atom. The quantitative estimate of drug-likeness (QED) is 0.884. The molecule has 1 heterocycles. The predicted octanol–water partition coefficient (Wildman–Crippen LogP) is 2.98. The molecule has 1 fully saturated rings. The number of anilines is 1. The number of hydrogen-bond acceptors (Lipinski definition) is 4. The van der Waals surface area contributed by atoms with Gasteiger partial charge in [0.05, 0.1) is 12.4 Å². The Morgan fingerprint density at radius 3 is 2.67 bits per heavy atom. The summed E-state index contributed by atoms with van der Waals surface area (Å²) in [5, 5.41) is 11.9. The molecule has 0 amide bonds. The maximum atomic E-state index is 8.62. The van der Waals surface area contributed by atoms with Gasteiger partial charge in [0.2, 0.25) is 0 Å². The molecule has 0 atom stereocenters. The summed E-state index contributed by atoms with van der Waals surface area (Å²) in [5.41, 5.74) is 0.363. The van der Waals surface area contributed by atoms with E-state index in [0.29, 0.717) is 5.69 Å². The van der Waals surface area contributed by atoms with Crippen LogP contribution in [0.2, 0.25) is 0 Å². The van der Waals surface area contributed by atoms with Gasteiger partial charge in [-0.1, -0.05) is 32.6 Å². The minimum atomic E-state index is 0.363. The van der Waals surface area contributed by atoms with Crippen LogP contribution in [-0.2, 0) is 0 Å². The van der Waals surface area contributed by atoms with Gasteiger partial charge in [-0.3, -0.25) is 0 Å². The highest BCUT2D eigenvalue weighted by atomic mass is 15.0. The second-order valence-electron chi connectivity index (χ2n) is 5.24. The number of nitriles is 1. The van der Waals surface area contributed by atoms with E-state index in [1.165, 1.54) is 38.3 Å². The molecule has 0 aromatic carbocycles. The average Bonchev–Trinajstić information content (AvgIpc) is 2.42. The molecule has 1 aromatic rings. The Balaban J connectivity index is 1.70. The summed E-state index contributed by atoms with van der Waals surface area (Å²) < 4.78 is 0. The normalized spacial score (nSPS) is 23.3. The Labute approximate surface area is 108 Å². The van der Waals surface area contributed by atoms with Crippen molar-refractivity contribution >= 4 is 5.82 Å². The third-order valence-electron chi connectivity index (χ3n) is 3.76. The molecule has 0 spiro atoms. The van der Waals surface area contributed by atoms with Crippen molar-refractivity contribution in [2.45, 2.75) is 39.0 Å². The van der Waals surface area contributed by atoms with E-state index in [2.05, 4.69) is 22.2 Å². The Hall–Kier alpha value is -1.63. The molecule has 1 N–H and O–H groups in total. The summed E-state index contributed by atoms with van der Waals surface area (Å²) in [6.07, 6.45) is 9.81. The number of aromatic nitrogens is 2. The highest BCUT2D eigenvalue weighted by molar-refractivity contribution is 5.32. The summed E-state index contributed by atoms with van der Waals surface area (Å²) in [5.74, 6) is 2.54. The lowest BCUT2D eigenvalue weighted by molar-refractivity contribution is 0.282. The molecule has 1 aliphatic carbocycles. The molecule has 18 heavy (non-hydrogen) atoms. The molecular weight excluding hydrogens is 224 g/mol. The molecule has 0 bridgehead atoms. The maximum absolute atomic E-state index is 8.62. The highest BCUT2D eigenvalue weighted by Crippen LogP contribution is 2.30. The van der Waals surface area contributed by atoms with Crippen LogP contribution in [0.15, 0.2) is 12.4 Å². The van der Waals surface area contributed by atoms with E-state index in [0.717, 1.165) is 24.2 Å². The van der Waals surface area contributed by atoms with Crippen LogP contribution in [0.3, 0.4) is 0 Å². The lowest BCUT2D eigenvalue weighted by Crippen LogP contribution is -2.16. The van der Waals surface area contributed by atoms with Crippen molar-refractivity contribution in [3.63, 3.8) is 0 Å². The van der Waals surface area contributed by atoms with Gasteiger partial charge in [0.1, 0.15) is 11.9 Å². The van der Waals surface area contributed by atoms with Crippen molar-refractivity contribution in [3.05, 3.63) is 18.1 Å². The van der Waals surface area contributed by atoms with Crippen molar-refractivity contribution in [1.82, 2.24) is 9.97 Å². The number of nitrogens with one attached hydrogen (secondary N) is 1. The third-order valence-corrected chi connectivity index (χ3v) is 3.76. The van der Waals surface area contributed by atoms with Crippen molar-refractivity contribution in [2.24, 2.45) is 11.8 Å². The van der Waals surface area contributed by atoms with Gasteiger partial charge >= 0.3 is 0 Å². The van der Waals surface area contributed by atoms with Crippen LogP contribution in [-0.4, -0.2) is 16.5 Å². The molecule has 2 rings (SSSR count). The molecule has 4 nitrogen and oxygen atoms in total. The van der Waals surface area contributed by atoms with Crippen LogP contribution >= 0.6 is 0 Å². The fourth-order valence-electron chi connectivity index (χ4n) is 2.50. The monoisotopic (exact) mass is 244 g/mol. The van der Waals surface area contributed by atoms with Crippen molar-refractivity contribution < 1.29 is 0 Å². The van der Waals surface area contributed by atoms with Crippen molar-refractivity contribution in [3.8, 4) is 6.07 Å². The Morgan fingerprint density at radius 2 is 2.06 bits per heavy atom. The van der Waals surface area contributed by atoms with Crippen LogP contribution in [0.4, 0.5) is 5.82 Å². The van der Waals surface area contributed by atoms with Gasteiger partial charge in [0.15, 0.2) is 5.69 Å². The fraction of sp³-hybridized carbons (Fsp3) is 0.643. The Kier molecular flexibility index (Phi) is 4.52. The number of rotatable bonds is 4. The fourth-order valence-corrected chi connectivity index (χ4v) is 2.50. The lowest BCUT2D eigenvalue weighted by atomic mass is 9.81. The summed E-state index contributed by atoms with van der Waals surface area (Å²) in [6, 6.07) is 1.96. The molecule has 0 saturated heterocycles. The topological polar surface area (TPSA) is 61.6 Å². The first kappa shape index (κ1) is 12.8. The van der Waals surface area contributed by atoms with E-state index >= 15 is 0 Å². The summed E-state index contributed by atoms with van der Waals surface area (Å²) >= 11 is 0. The van der Waals surface area contributed by atoms with Crippen LogP contribution in [0.1, 0.15) is 44.7 Å². The second kappa shape index (κ2) is 6.34. The highest BCUT2D eigenvalue weighted by Gasteiger charge is 2.17.